The minimum atomic E-state index is -0.758. The van der Waals surface area contributed by atoms with E-state index in [0.29, 0.717) is 6.42 Å². The molecule has 0 atom stereocenters. The van der Waals surface area contributed by atoms with Crippen LogP contribution in [0.3, 0.4) is 0 Å². The van der Waals surface area contributed by atoms with Crippen LogP contribution in [0.15, 0.2) is 42.5 Å². The molecular weight excluding hydrogens is 226 g/mol. The van der Waals surface area contributed by atoms with Crippen LogP contribution < -0.4 is 0 Å². The fourth-order valence-corrected chi connectivity index (χ4v) is 2.31. The molecule has 3 rings (SSSR count). The summed E-state index contributed by atoms with van der Waals surface area (Å²) in [6.45, 7) is 0. The summed E-state index contributed by atoms with van der Waals surface area (Å²) in [5.41, 5.74) is 3.23. The molecule has 1 heterocycles. The first kappa shape index (κ1) is 10.8. The van der Waals surface area contributed by atoms with Gasteiger partial charge in [-0.3, -0.25) is 4.79 Å². The third-order valence-electron chi connectivity index (χ3n) is 3.20. The zero-order valence-corrected chi connectivity index (χ0v) is 9.81. The fraction of sp³-hybridized carbons (Fsp3) is 0.133. The molecule has 3 heteroatoms. The number of aliphatic carboxylic acids is 1. The van der Waals surface area contributed by atoms with Crippen LogP contribution in [-0.4, -0.2) is 16.1 Å². The molecule has 0 radical (unpaired) electrons. The molecule has 90 valence electrons. The van der Waals surface area contributed by atoms with Gasteiger partial charge in [-0.05, 0) is 24.1 Å². The van der Waals surface area contributed by atoms with Crippen LogP contribution in [-0.2, 0) is 11.2 Å². The Morgan fingerprint density at radius 3 is 2.67 bits per heavy atom. The second-order valence-electron chi connectivity index (χ2n) is 4.44. The minimum absolute atomic E-state index is 0.172. The van der Waals surface area contributed by atoms with Crippen LogP contribution in [0.2, 0.25) is 0 Å². The standard InChI is InChI=1S/C15H13NO2/c17-15(18)8-6-10-5-7-12-11-3-1-2-4-13(11)16-14(12)9-10/h1-5,7,9,16H,6,8H2,(H,17,18). The molecular formula is C15H13NO2. The molecule has 0 aliphatic heterocycles. The number of nitrogens with one attached hydrogen (secondary N) is 1. The molecule has 2 N–H and O–H groups in total. The summed E-state index contributed by atoms with van der Waals surface area (Å²) >= 11 is 0. The topological polar surface area (TPSA) is 53.1 Å². The van der Waals surface area contributed by atoms with E-state index >= 15 is 0 Å². The average molecular weight is 239 g/mol. The number of hydrogen-bond acceptors (Lipinski definition) is 1. The number of hydrogen-bond donors (Lipinski definition) is 2. The molecule has 0 aliphatic carbocycles. The number of fused-ring (bicyclic) bond motifs is 3. The van der Waals surface area contributed by atoms with E-state index in [2.05, 4.69) is 17.1 Å². The third-order valence-corrected chi connectivity index (χ3v) is 3.20. The van der Waals surface area contributed by atoms with Crippen LogP contribution in [0.5, 0.6) is 0 Å². The molecule has 0 aliphatic rings. The van der Waals surface area contributed by atoms with Crippen molar-refractivity contribution < 1.29 is 9.90 Å². The van der Waals surface area contributed by atoms with Gasteiger partial charge in [0.1, 0.15) is 0 Å². The summed E-state index contributed by atoms with van der Waals surface area (Å²) in [6.07, 6.45) is 0.742. The number of carboxylic acid groups (broad SMARTS) is 1. The van der Waals surface area contributed by atoms with Crippen molar-refractivity contribution in [2.45, 2.75) is 12.8 Å². The molecule has 0 saturated carbocycles. The van der Waals surface area contributed by atoms with Crippen molar-refractivity contribution in [3.8, 4) is 0 Å². The highest BCUT2D eigenvalue weighted by Crippen LogP contribution is 2.26. The number of rotatable bonds is 3. The summed E-state index contributed by atoms with van der Waals surface area (Å²) in [6, 6.07) is 14.3. The lowest BCUT2D eigenvalue weighted by Gasteiger charge is -1.99. The van der Waals surface area contributed by atoms with Gasteiger partial charge < -0.3 is 10.1 Å². The highest BCUT2D eigenvalue weighted by molar-refractivity contribution is 6.07. The summed E-state index contributed by atoms with van der Waals surface area (Å²) in [7, 11) is 0. The Kier molecular flexibility index (Phi) is 2.52. The predicted octanol–water partition coefficient (Wildman–Crippen LogP) is 3.34. The van der Waals surface area contributed by atoms with Crippen molar-refractivity contribution in [3.63, 3.8) is 0 Å². The highest BCUT2D eigenvalue weighted by atomic mass is 16.4. The molecule has 1 aromatic heterocycles. The van der Waals surface area contributed by atoms with Gasteiger partial charge in [-0.15, -0.1) is 0 Å². The van der Waals surface area contributed by atoms with Gasteiger partial charge in [0.15, 0.2) is 0 Å². The second-order valence-corrected chi connectivity index (χ2v) is 4.44. The van der Waals surface area contributed by atoms with E-state index in [0.717, 1.165) is 16.6 Å². The Balaban J connectivity index is 2.07. The second kappa shape index (κ2) is 4.18. The molecule has 3 aromatic rings. The Labute approximate surface area is 104 Å². The maximum atomic E-state index is 10.6. The van der Waals surface area contributed by atoms with E-state index in [4.69, 9.17) is 5.11 Å². The normalized spacial score (nSPS) is 11.1. The maximum Gasteiger partial charge on any atom is 0.303 e. The number of carboxylic acids is 1. The van der Waals surface area contributed by atoms with Crippen LogP contribution >= 0.6 is 0 Å². The summed E-state index contributed by atoms with van der Waals surface area (Å²) in [4.78, 5) is 13.9. The lowest BCUT2D eigenvalue weighted by molar-refractivity contribution is -0.136. The van der Waals surface area contributed by atoms with E-state index in [1.165, 1.54) is 10.8 Å². The summed E-state index contributed by atoms with van der Waals surface area (Å²) in [5.74, 6) is -0.758. The Bertz CT molecular complexity index is 728. The molecule has 0 spiro atoms. The predicted molar refractivity (Wildman–Crippen MR) is 71.8 cm³/mol. The van der Waals surface area contributed by atoms with Crippen molar-refractivity contribution in [3.05, 3.63) is 48.0 Å². The Morgan fingerprint density at radius 2 is 1.83 bits per heavy atom. The van der Waals surface area contributed by atoms with E-state index in [1.807, 2.05) is 30.3 Å². The number of H-pyrrole nitrogens is 1. The molecule has 18 heavy (non-hydrogen) atoms. The lowest BCUT2D eigenvalue weighted by Crippen LogP contribution is -1.97. The van der Waals surface area contributed by atoms with Crippen molar-refractivity contribution >= 4 is 27.8 Å². The third kappa shape index (κ3) is 1.84. The van der Waals surface area contributed by atoms with Crippen LogP contribution in [0.25, 0.3) is 21.8 Å². The van der Waals surface area contributed by atoms with E-state index in [1.54, 1.807) is 0 Å². The number of aromatic nitrogens is 1. The van der Waals surface area contributed by atoms with Crippen LogP contribution in [0.1, 0.15) is 12.0 Å². The molecule has 0 bridgehead atoms. The Hall–Kier alpha value is -2.29. The molecule has 0 amide bonds. The SMILES string of the molecule is O=C(O)CCc1ccc2c(c1)[nH]c1ccccc12. The average Bonchev–Trinajstić information content (AvgIpc) is 2.73. The van der Waals surface area contributed by atoms with E-state index in [9.17, 15) is 4.79 Å². The van der Waals surface area contributed by atoms with Crippen molar-refractivity contribution in [2.75, 3.05) is 0 Å². The molecule has 3 nitrogen and oxygen atoms in total. The van der Waals surface area contributed by atoms with Gasteiger partial charge in [0.2, 0.25) is 0 Å². The summed E-state index contributed by atoms with van der Waals surface area (Å²) in [5, 5.41) is 11.1. The Morgan fingerprint density at radius 1 is 1.06 bits per heavy atom. The van der Waals surface area contributed by atoms with Gasteiger partial charge in [0.25, 0.3) is 0 Å². The first-order valence-corrected chi connectivity index (χ1v) is 5.95. The number of aromatic amines is 1. The number of para-hydroxylation sites is 1. The van der Waals surface area contributed by atoms with Crippen molar-refractivity contribution in [1.82, 2.24) is 4.98 Å². The van der Waals surface area contributed by atoms with E-state index < -0.39 is 5.97 Å². The van der Waals surface area contributed by atoms with Crippen molar-refractivity contribution in [1.29, 1.82) is 0 Å². The van der Waals surface area contributed by atoms with E-state index in [-0.39, 0.29) is 6.42 Å². The first-order valence-electron chi connectivity index (χ1n) is 5.95. The monoisotopic (exact) mass is 239 g/mol. The molecule has 0 saturated heterocycles. The smallest absolute Gasteiger partial charge is 0.303 e. The largest absolute Gasteiger partial charge is 0.481 e. The number of carbonyl (C=O) groups is 1. The zero-order valence-electron chi connectivity index (χ0n) is 9.81. The quantitative estimate of drug-likeness (QED) is 0.736. The van der Waals surface area contributed by atoms with Crippen LogP contribution in [0.4, 0.5) is 0 Å². The molecule has 2 aromatic carbocycles. The summed E-state index contributed by atoms with van der Waals surface area (Å²) < 4.78 is 0. The number of aryl methyl sites for hydroxylation is 1. The number of benzene rings is 2. The lowest BCUT2D eigenvalue weighted by atomic mass is 10.1. The van der Waals surface area contributed by atoms with Gasteiger partial charge >= 0.3 is 5.97 Å². The van der Waals surface area contributed by atoms with Gasteiger partial charge in [-0.1, -0.05) is 30.3 Å². The molecule has 0 fully saturated rings. The van der Waals surface area contributed by atoms with Gasteiger partial charge in [-0.2, -0.15) is 0 Å². The van der Waals surface area contributed by atoms with Crippen molar-refractivity contribution in [2.24, 2.45) is 0 Å². The van der Waals surface area contributed by atoms with Gasteiger partial charge in [-0.25, -0.2) is 0 Å². The van der Waals surface area contributed by atoms with Crippen LogP contribution in [0, 0.1) is 0 Å². The zero-order chi connectivity index (χ0) is 12.5. The highest BCUT2D eigenvalue weighted by Gasteiger charge is 2.05. The molecule has 0 unspecified atom stereocenters. The minimum Gasteiger partial charge on any atom is -0.481 e. The fourth-order valence-electron chi connectivity index (χ4n) is 2.31. The van der Waals surface area contributed by atoms with Gasteiger partial charge in [0, 0.05) is 28.2 Å². The first-order chi connectivity index (χ1) is 8.74. The van der Waals surface area contributed by atoms with Gasteiger partial charge in [0.05, 0.1) is 0 Å². The maximum absolute atomic E-state index is 10.6.